The minimum absolute atomic E-state index is 0.308. The molecule has 1 saturated heterocycles. The highest BCUT2D eigenvalue weighted by molar-refractivity contribution is 14.1. The third-order valence-electron chi connectivity index (χ3n) is 3.71. The SMILES string of the molecule is C=C[C@@H](OCc1ccc(OC)cc1)[C@]1(/C=C\I)COC(C)(C)O1. The normalized spacial score (nSPS) is 24.7. The molecule has 1 fully saturated rings. The molecule has 23 heavy (non-hydrogen) atoms. The van der Waals surface area contributed by atoms with Crippen molar-refractivity contribution in [3.8, 4) is 5.75 Å². The van der Waals surface area contributed by atoms with Crippen molar-refractivity contribution in [3.05, 3.63) is 52.6 Å². The molecule has 2 atom stereocenters. The topological polar surface area (TPSA) is 36.9 Å². The Labute approximate surface area is 151 Å². The molecule has 0 aliphatic carbocycles. The summed E-state index contributed by atoms with van der Waals surface area (Å²) in [4.78, 5) is 0. The van der Waals surface area contributed by atoms with Crippen LogP contribution in [0.1, 0.15) is 19.4 Å². The number of ether oxygens (including phenoxy) is 4. The Morgan fingerprint density at radius 3 is 2.52 bits per heavy atom. The molecular weight excluding hydrogens is 407 g/mol. The fourth-order valence-electron chi connectivity index (χ4n) is 2.54. The van der Waals surface area contributed by atoms with E-state index in [0.29, 0.717) is 13.2 Å². The van der Waals surface area contributed by atoms with Crippen molar-refractivity contribution in [2.75, 3.05) is 13.7 Å². The van der Waals surface area contributed by atoms with Gasteiger partial charge in [-0.2, -0.15) is 0 Å². The van der Waals surface area contributed by atoms with Crippen molar-refractivity contribution in [3.63, 3.8) is 0 Å². The summed E-state index contributed by atoms with van der Waals surface area (Å²) < 4.78 is 25.0. The van der Waals surface area contributed by atoms with Crippen molar-refractivity contribution >= 4 is 22.6 Å². The molecule has 1 aliphatic heterocycles. The van der Waals surface area contributed by atoms with E-state index >= 15 is 0 Å². The Bertz CT molecular complexity index is 553. The second-order valence-corrected chi connectivity index (χ2v) is 6.57. The molecule has 5 heteroatoms. The first-order valence-electron chi connectivity index (χ1n) is 7.44. The quantitative estimate of drug-likeness (QED) is 0.479. The summed E-state index contributed by atoms with van der Waals surface area (Å²) in [7, 11) is 1.65. The van der Waals surface area contributed by atoms with Gasteiger partial charge < -0.3 is 18.9 Å². The maximum atomic E-state index is 6.12. The second kappa shape index (κ2) is 7.79. The van der Waals surface area contributed by atoms with E-state index in [1.807, 2.05) is 48.3 Å². The molecule has 126 valence electrons. The fourth-order valence-corrected chi connectivity index (χ4v) is 3.15. The molecule has 0 radical (unpaired) electrons. The molecule has 1 aromatic carbocycles. The zero-order valence-electron chi connectivity index (χ0n) is 13.8. The average Bonchev–Trinajstić information content (AvgIpc) is 2.85. The van der Waals surface area contributed by atoms with Gasteiger partial charge in [0.25, 0.3) is 0 Å². The van der Waals surface area contributed by atoms with Crippen LogP contribution in [0.25, 0.3) is 0 Å². The van der Waals surface area contributed by atoms with Gasteiger partial charge in [-0.05, 0) is 41.7 Å². The van der Waals surface area contributed by atoms with Crippen LogP contribution >= 0.6 is 22.6 Å². The van der Waals surface area contributed by atoms with Gasteiger partial charge in [-0.15, -0.1) is 6.58 Å². The molecule has 0 bridgehead atoms. The maximum absolute atomic E-state index is 6.12. The van der Waals surface area contributed by atoms with Gasteiger partial charge in [-0.25, -0.2) is 0 Å². The van der Waals surface area contributed by atoms with E-state index in [4.69, 9.17) is 18.9 Å². The highest BCUT2D eigenvalue weighted by atomic mass is 127. The molecule has 0 spiro atoms. The highest BCUT2D eigenvalue weighted by Gasteiger charge is 2.48. The number of halogens is 1. The van der Waals surface area contributed by atoms with Gasteiger partial charge in [0.1, 0.15) is 17.5 Å². The number of hydrogen-bond acceptors (Lipinski definition) is 4. The van der Waals surface area contributed by atoms with Gasteiger partial charge >= 0.3 is 0 Å². The van der Waals surface area contributed by atoms with E-state index in [1.54, 1.807) is 13.2 Å². The Hall–Kier alpha value is -0.890. The minimum Gasteiger partial charge on any atom is -0.497 e. The van der Waals surface area contributed by atoms with E-state index in [-0.39, 0.29) is 6.10 Å². The Kier molecular flexibility index (Phi) is 6.25. The summed E-state index contributed by atoms with van der Waals surface area (Å²) in [6.45, 7) is 8.60. The van der Waals surface area contributed by atoms with Gasteiger partial charge in [-0.3, -0.25) is 0 Å². The van der Waals surface area contributed by atoms with Crippen LogP contribution < -0.4 is 4.74 Å². The van der Waals surface area contributed by atoms with Crippen LogP contribution in [-0.4, -0.2) is 31.2 Å². The summed E-state index contributed by atoms with van der Waals surface area (Å²) in [6, 6.07) is 7.80. The first-order chi connectivity index (χ1) is 10.9. The second-order valence-electron chi connectivity index (χ2n) is 5.85. The third-order valence-corrected chi connectivity index (χ3v) is 4.07. The lowest BCUT2D eigenvalue weighted by Crippen LogP contribution is -2.44. The summed E-state index contributed by atoms with van der Waals surface area (Å²) in [5.41, 5.74) is 0.406. The number of benzene rings is 1. The molecule has 1 heterocycles. The third kappa shape index (κ3) is 4.56. The largest absolute Gasteiger partial charge is 0.497 e. The van der Waals surface area contributed by atoms with Crippen LogP contribution in [0.15, 0.2) is 47.1 Å². The average molecular weight is 430 g/mol. The van der Waals surface area contributed by atoms with E-state index in [1.165, 1.54) is 0 Å². The lowest BCUT2D eigenvalue weighted by molar-refractivity contribution is -0.172. The zero-order chi connectivity index (χ0) is 16.9. The zero-order valence-corrected chi connectivity index (χ0v) is 15.9. The standard InChI is InChI=1S/C18H23IO4/c1-5-16(18(10-11-19)13-22-17(2,3)23-18)21-12-14-6-8-15(20-4)9-7-14/h5-11,16H,1,12-13H2,2-4H3/b11-10-/t16-,18+/m1/s1. The van der Waals surface area contributed by atoms with Crippen molar-refractivity contribution in [1.29, 1.82) is 0 Å². The lowest BCUT2D eigenvalue weighted by atomic mass is 9.97. The van der Waals surface area contributed by atoms with Gasteiger partial charge in [0.2, 0.25) is 0 Å². The lowest BCUT2D eigenvalue weighted by Gasteiger charge is -2.32. The van der Waals surface area contributed by atoms with Crippen molar-refractivity contribution < 1.29 is 18.9 Å². The number of hydrogen-bond donors (Lipinski definition) is 0. The van der Waals surface area contributed by atoms with Gasteiger partial charge in [0.05, 0.1) is 20.3 Å². The molecule has 2 rings (SSSR count). The minimum atomic E-state index is -0.654. The van der Waals surface area contributed by atoms with Crippen LogP contribution in [0.5, 0.6) is 5.75 Å². The van der Waals surface area contributed by atoms with E-state index in [2.05, 4.69) is 29.2 Å². The molecule has 1 aromatic rings. The van der Waals surface area contributed by atoms with Crippen molar-refractivity contribution in [2.24, 2.45) is 0 Å². The van der Waals surface area contributed by atoms with Gasteiger partial charge in [-0.1, -0.05) is 40.8 Å². The summed E-state index contributed by atoms with van der Waals surface area (Å²) >= 11 is 2.18. The molecule has 0 amide bonds. The molecule has 0 saturated carbocycles. The molecule has 0 N–H and O–H groups in total. The highest BCUT2D eigenvalue weighted by Crippen LogP contribution is 2.37. The van der Waals surface area contributed by atoms with Gasteiger partial charge in [0.15, 0.2) is 5.79 Å². The summed E-state index contributed by atoms with van der Waals surface area (Å²) in [6.07, 6.45) is 3.44. The molecule has 1 aliphatic rings. The van der Waals surface area contributed by atoms with E-state index in [0.717, 1.165) is 11.3 Å². The molecule has 0 aromatic heterocycles. The van der Waals surface area contributed by atoms with Crippen LogP contribution in [0, 0.1) is 0 Å². The van der Waals surface area contributed by atoms with Crippen molar-refractivity contribution in [1.82, 2.24) is 0 Å². The van der Waals surface area contributed by atoms with E-state index in [9.17, 15) is 0 Å². The van der Waals surface area contributed by atoms with Crippen molar-refractivity contribution in [2.45, 2.75) is 37.9 Å². The Morgan fingerprint density at radius 1 is 1.35 bits per heavy atom. The fraction of sp³-hybridized carbons (Fsp3) is 0.444. The predicted molar refractivity (Wildman–Crippen MR) is 98.8 cm³/mol. The molecule has 0 unspecified atom stereocenters. The molecule has 4 nitrogen and oxygen atoms in total. The molecular formula is C18H23IO4. The maximum Gasteiger partial charge on any atom is 0.164 e. The predicted octanol–water partition coefficient (Wildman–Crippen LogP) is 4.24. The van der Waals surface area contributed by atoms with Crippen LogP contribution in [0.3, 0.4) is 0 Å². The van der Waals surface area contributed by atoms with E-state index < -0.39 is 11.4 Å². The Balaban J connectivity index is 2.09. The number of methoxy groups -OCH3 is 1. The first kappa shape index (κ1) is 18.4. The summed E-state index contributed by atoms with van der Waals surface area (Å²) in [5, 5.41) is 0. The van der Waals surface area contributed by atoms with Crippen LogP contribution in [0.4, 0.5) is 0 Å². The van der Waals surface area contributed by atoms with Crippen LogP contribution in [0.2, 0.25) is 0 Å². The smallest absolute Gasteiger partial charge is 0.164 e. The first-order valence-corrected chi connectivity index (χ1v) is 8.68. The van der Waals surface area contributed by atoms with Crippen LogP contribution in [-0.2, 0) is 20.8 Å². The summed E-state index contributed by atoms with van der Waals surface area (Å²) in [5.74, 6) is 0.188. The van der Waals surface area contributed by atoms with Gasteiger partial charge in [0, 0.05) is 0 Å². The Morgan fingerprint density at radius 2 is 2.04 bits per heavy atom. The number of rotatable bonds is 7. The monoisotopic (exact) mass is 430 g/mol.